The second-order valence-electron chi connectivity index (χ2n) is 6.45. The first-order chi connectivity index (χ1) is 11.2. The molecular formula is C18H22N2O3. The number of fused-ring (bicyclic) bond motifs is 2. The van der Waals surface area contributed by atoms with Crippen molar-refractivity contribution in [1.29, 1.82) is 0 Å². The lowest BCUT2D eigenvalue weighted by Gasteiger charge is -2.39. The molecule has 5 heteroatoms. The summed E-state index contributed by atoms with van der Waals surface area (Å²) in [6, 6.07) is 8.12. The lowest BCUT2D eigenvalue weighted by molar-refractivity contribution is -0.0946. The Hall–Kier alpha value is -1.85. The Labute approximate surface area is 135 Å². The van der Waals surface area contributed by atoms with E-state index in [4.69, 9.17) is 9.47 Å². The van der Waals surface area contributed by atoms with Gasteiger partial charge in [0.1, 0.15) is 6.10 Å². The normalized spacial score (nSPS) is 27.4. The molecule has 0 radical (unpaired) electrons. The van der Waals surface area contributed by atoms with Crippen LogP contribution in [0, 0.1) is 0 Å². The largest absolute Gasteiger partial charge is 0.379 e. The number of carbonyl (C=O) groups is 1. The minimum absolute atomic E-state index is 0.0122. The third kappa shape index (κ3) is 2.35. The van der Waals surface area contributed by atoms with Crippen LogP contribution in [0.15, 0.2) is 30.5 Å². The SMILES string of the molecule is CO[C@@H]1CC[C@H]2[C@H]1OCCN2C(=O)c1ccc2c(ccn2C)c1. The lowest BCUT2D eigenvalue weighted by atomic mass is 10.1. The van der Waals surface area contributed by atoms with E-state index in [2.05, 4.69) is 4.57 Å². The van der Waals surface area contributed by atoms with Gasteiger partial charge < -0.3 is 18.9 Å². The van der Waals surface area contributed by atoms with Crippen LogP contribution in [-0.2, 0) is 16.5 Å². The third-order valence-corrected chi connectivity index (χ3v) is 5.23. The fourth-order valence-electron chi connectivity index (χ4n) is 4.00. The van der Waals surface area contributed by atoms with Gasteiger partial charge in [0.25, 0.3) is 5.91 Å². The topological polar surface area (TPSA) is 43.7 Å². The molecule has 2 aliphatic rings. The van der Waals surface area contributed by atoms with E-state index in [1.165, 1.54) is 0 Å². The van der Waals surface area contributed by atoms with Crippen molar-refractivity contribution in [3.63, 3.8) is 0 Å². The van der Waals surface area contributed by atoms with Crippen LogP contribution >= 0.6 is 0 Å². The van der Waals surface area contributed by atoms with Gasteiger partial charge in [-0.15, -0.1) is 0 Å². The van der Waals surface area contributed by atoms with Crippen LogP contribution in [0.25, 0.3) is 10.9 Å². The number of ether oxygens (including phenoxy) is 2. The Morgan fingerprint density at radius 2 is 2.17 bits per heavy atom. The van der Waals surface area contributed by atoms with Gasteiger partial charge in [0.2, 0.25) is 0 Å². The van der Waals surface area contributed by atoms with Crippen molar-refractivity contribution >= 4 is 16.8 Å². The van der Waals surface area contributed by atoms with Crippen LogP contribution in [0.4, 0.5) is 0 Å². The molecule has 3 atom stereocenters. The van der Waals surface area contributed by atoms with E-state index in [0.717, 1.165) is 29.3 Å². The van der Waals surface area contributed by atoms with Crippen molar-refractivity contribution in [3.05, 3.63) is 36.0 Å². The van der Waals surface area contributed by atoms with Crippen molar-refractivity contribution in [3.8, 4) is 0 Å². The van der Waals surface area contributed by atoms with Crippen molar-refractivity contribution in [2.45, 2.75) is 31.1 Å². The van der Waals surface area contributed by atoms with E-state index in [9.17, 15) is 4.79 Å². The summed E-state index contributed by atoms with van der Waals surface area (Å²) in [4.78, 5) is 15.0. The number of hydrogen-bond donors (Lipinski definition) is 0. The highest BCUT2D eigenvalue weighted by atomic mass is 16.5. The molecule has 122 valence electrons. The van der Waals surface area contributed by atoms with Crippen LogP contribution in [0.1, 0.15) is 23.2 Å². The van der Waals surface area contributed by atoms with E-state index in [1.54, 1.807) is 7.11 Å². The summed E-state index contributed by atoms with van der Waals surface area (Å²) in [5, 5.41) is 1.10. The molecule has 0 bridgehead atoms. The van der Waals surface area contributed by atoms with Gasteiger partial charge in [0.15, 0.2) is 0 Å². The first kappa shape index (κ1) is 14.7. The summed E-state index contributed by atoms with van der Waals surface area (Å²) in [7, 11) is 3.74. The molecule has 4 rings (SSSR count). The quantitative estimate of drug-likeness (QED) is 0.853. The van der Waals surface area contributed by atoms with Crippen molar-refractivity contribution < 1.29 is 14.3 Å². The summed E-state index contributed by atoms with van der Waals surface area (Å²) >= 11 is 0. The maximum absolute atomic E-state index is 13.0. The predicted molar refractivity (Wildman–Crippen MR) is 87.5 cm³/mol. The van der Waals surface area contributed by atoms with E-state index in [1.807, 2.05) is 42.4 Å². The number of morpholine rings is 1. The van der Waals surface area contributed by atoms with E-state index in [0.29, 0.717) is 13.2 Å². The molecule has 0 unspecified atom stereocenters. The zero-order valence-electron chi connectivity index (χ0n) is 13.6. The molecular weight excluding hydrogens is 292 g/mol. The molecule has 1 aliphatic carbocycles. The first-order valence-electron chi connectivity index (χ1n) is 8.19. The summed E-state index contributed by atoms with van der Waals surface area (Å²) in [5.41, 5.74) is 1.90. The number of aromatic nitrogens is 1. The Morgan fingerprint density at radius 3 is 3.00 bits per heavy atom. The molecule has 1 amide bonds. The molecule has 0 spiro atoms. The molecule has 2 aromatic rings. The van der Waals surface area contributed by atoms with Gasteiger partial charge in [-0.25, -0.2) is 0 Å². The van der Waals surface area contributed by atoms with Crippen molar-refractivity contribution in [1.82, 2.24) is 9.47 Å². The fourth-order valence-corrected chi connectivity index (χ4v) is 4.00. The Kier molecular flexibility index (Phi) is 3.62. The summed E-state index contributed by atoms with van der Waals surface area (Å²) in [6.45, 7) is 1.24. The van der Waals surface area contributed by atoms with Crippen LogP contribution in [0.5, 0.6) is 0 Å². The van der Waals surface area contributed by atoms with Gasteiger partial charge in [-0.1, -0.05) is 0 Å². The number of amides is 1. The van der Waals surface area contributed by atoms with Gasteiger partial charge >= 0.3 is 0 Å². The van der Waals surface area contributed by atoms with Crippen LogP contribution in [0.3, 0.4) is 0 Å². The maximum Gasteiger partial charge on any atom is 0.254 e. The second-order valence-corrected chi connectivity index (χ2v) is 6.45. The molecule has 1 saturated heterocycles. The number of carbonyl (C=O) groups excluding carboxylic acids is 1. The molecule has 23 heavy (non-hydrogen) atoms. The van der Waals surface area contributed by atoms with Crippen LogP contribution < -0.4 is 0 Å². The van der Waals surface area contributed by atoms with Gasteiger partial charge in [-0.2, -0.15) is 0 Å². The zero-order valence-corrected chi connectivity index (χ0v) is 13.6. The smallest absolute Gasteiger partial charge is 0.254 e. The van der Waals surface area contributed by atoms with Gasteiger partial charge in [0.05, 0.1) is 18.8 Å². The molecule has 1 saturated carbocycles. The molecule has 1 aliphatic heterocycles. The average Bonchev–Trinajstić information content (AvgIpc) is 3.17. The molecule has 2 heterocycles. The first-order valence-corrected chi connectivity index (χ1v) is 8.19. The van der Waals surface area contributed by atoms with Crippen LogP contribution in [-0.4, -0.2) is 53.9 Å². The highest BCUT2D eigenvalue weighted by Crippen LogP contribution is 2.33. The number of rotatable bonds is 2. The molecule has 2 fully saturated rings. The van der Waals surface area contributed by atoms with E-state index >= 15 is 0 Å². The molecule has 1 aromatic carbocycles. The third-order valence-electron chi connectivity index (χ3n) is 5.23. The lowest BCUT2D eigenvalue weighted by Crippen LogP contribution is -2.53. The number of nitrogens with zero attached hydrogens (tertiary/aromatic N) is 2. The number of benzene rings is 1. The van der Waals surface area contributed by atoms with E-state index in [-0.39, 0.29) is 24.2 Å². The van der Waals surface area contributed by atoms with Gasteiger partial charge in [-0.05, 0) is 37.1 Å². The highest BCUT2D eigenvalue weighted by molar-refractivity contribution is 5.98. The van der Waals surface area contributed by atoms with Gasteiger partial charge in [-0.3, -0.25) is 4.79 Å². The predicted octanol–water partition coefficient (Wildman–Crippen LogP) is 2.20. The second kappa shape index (κ2) is 5.65. The van der Waals surface area contributed by atoms with Crippen molar-refractivity contribution in [2.24, 2.45) is 7.05 Å². The minimum Gasteiger partial charge on any atom is -0.379 e. The maximum atomic E-state index is 13.0. The summed E-state index contributed by atoms with van der Waals surface area (Å²) in [6.07, 6.45) is 4.03. The van der Waals surface area contributed by atoms with Gasteiger partial charge in [0, 0.05) is 43.4 Å². The molecule has 0 N–H and O–H groups in total. The molecule has 5 nitrogen and oxygen atoms in total. The number of aryl methyl sites for hydroxylation is 1. The fraction of sp³-hybridized carbons (Fsp3) is 0.500. The summed E-state index contributed by atoms with van der Waals surface area (Å²) in [5.74, 6) is 0.103. The Morgan fingerprint density at radius 1 is 1.30 bits per heavy atom. The minimum atomic E-state index is 0.0122. The summed E-state index contributed by atoms with van der Waals surface area (Å²) < 4.78 is 13.4. The van der Waals surface area contributed by atoms with Crippen molar-refractivity contribution in [2.75, 3.05) is 20.3 Å². The monoisotopic (exact) mass is 314 g/mol. The Bertz CT molecular complexity index is 739. The Balaban J connectivity index is 1.62. The standard InChI is InChI=1S/C18H22N2O3/c1-19-8-7-12-11-13(3-4-14(12)19)18(21)20-9-10-23-17-15(20)5-6-16(17)22-2/h3-4,7-8,11,15-17H,5-6,9-10H2,1-2H3/t15-,16+,17+/m0/s1. The highest BCUT2D eigenvalue weighted by Gasteiger charge is 2.44. The average molecular weight is 314 g/mol. The number of hydrogen-bond acceptors (Lipinski definition) is 3. The number of methoxy groups -OCH3 is 1. The molecule has 1 aromatic heterocycles. The zero-order chi connectivity index (χ0) is 16.0. The van der Waals surface area contributed by atoms with Crippen LogP contribution in [0.2, 0.25) is 0 Å². The van der Waals surface area contributed by atoms with E-state index < -0.39 is 0 Å².